The van der Waals surface area contributed by atoms with Crippen LogP contribution in [0.4, 0.5) is 0 Å². The molecule has 0 amide bonds. The van der Waals surface area contributed by atoms with Crippen molar-refractivity contribution >= 4 is 70.7 Å². The number of rotatable bonds is 4. The molecule has 0 saturated heterocycles. The van der Waals surface area contributed by atoms with E-state index in [1.807, 2.05) is 0 Å². The Hall–Kier alpha value is -6.64. The first kappa shape index (κ1) is 29.1. The normalized spacial score (nSPS) is 13.3. The first-order valence-electron chi connectivity index (χ1n) is 18.3. The topological polar surface area (TPSA) is 9.86 Å². The highest BCUT2D eigenvalue weighted by Crippen LogP contribution is 2.42. The van der Waals surface area contributed by atoms with E-state index in [-0.39, 0.29) is 0 Å². The van der Waals surface area contributed by atoms with Crippen molar-refractivity contribution in [3.05, 3.63) is 188 Å². The van der Waals surface area contributed by atoms with Gasteiger partial charge in [-0.2, -0.15) is 0 Å². The summed E-state index contributed by atoms with van der Waals surface area (Å²) in [6.07, 6.45) is 9.14. The first-order chi connectivity index (χ1) is 25.8. The van der Waals surface area contributed by atoms with Gasteiger partial charge in [-0.3, -0.25) is 0 Å². The number of hydrogen-bond donors (Lipinski definition) is 0. The molecule has 10 aromatic rings. The number of aromatic nitrogens is 2. The van der Waals surface area contributed by atoms with Crippen LogP contribution in [0.2, 0.25) is 0 Å². The summed E-state index contributed by atoms with van der Waals surface area (Å²) in [5.74, 6) is 0. The van der Waals surface area contributed by atoms with Gasteiger partial charge in [0.05, 0.1) is 33.4 Å². The molecule has 0 unspecified atom stereocenters. The molecule has 0 spiro atoms. The van der Waals surface area contributed by atoms with Gasteiger partial charge in [0, 0.05) is 37.9 Å². The van der Waals surface area contributed by atoms with Crippen LogP contribution < -0.4 is 0 Å². The molecule has 0 bridgehead atoms. The molecular formula is C50H34N2. The highest BCUT2D eigenvalue weighted by Gasteiger charge is 2.20. The second-order valence-corrected chi connectivity index (χ2v) is 14.0. The Morgan fingerprint density at radius 1 is 0.385 bits per heavy atom. The van der Waals surface area contributed by atoms with Gasteiger partial charge in [-0.25, -0.2) is 0 Å². The summed E-state index contributed by atoms with van der Waals surface area (Å²) >= 11 is 0. The fourth-order valence-electron chi connectivity index (χ4n) is 8.76. The zero-order valence-corrected chi connectivity index (χ0v) is 28.6. The largest absolute Gasteiger partial charge is 0.309 e. The summed E-state index contributed by atoms with van der Waals surface area (Å²) in [6, 6.07) is 60.5. The summed E-state index contributed by atoms with van der Waals surface area (Å²) in [6.45, 7) is 0. The van der Waals surface area contributed by atoms with Gasteiger partial charge in [0.2, 0.25) is 0 Å². The van der Waals surface area contributed by atoms with Crippen LogP contribution in [-0.4, -0.2) is 9.13 Å². The van der Waals surface area contributed by atoms with Crippen LogP contribution in [0.5, 0.6) is 0 Å². The van der Waals surface area contributed by atoms with Crippen molar-refractivity contribution in [2.75, 3.05) is 0 Å². The van der Waals surface area contributed by atoms with Crippen LogP contribution in [0.3, 0.4) is 0 Å². The lowest BCUT2D eigenvalue weighted by molar-refractivity contribution is 1.04. The SMILES string of the molecule is C1=CC(c2ccccc2-n2c3ccccc3c3ccc(-c4ccc5c(c4)c4ccccc4n5-c4c5ccccc5cc5ccccc45)cc32)=CCC1. The zero-order chi connectivity index (χ0) is 34.2. The smallest absolute Gasteiger partial charge is 0.0618 e. The van der Waals surface area contributed by atoms with Gasteiger partial charge in [-0.15, -0.1) is 0 Å². The summed E-state index contributed by atoms with van der Waals surface area (Å²) in [7, 11) is 0. The lowest BCUT2D eigenvalue weighted by Crippen LogP contribution is -1.99. The highest BCUT2D eigenvalue weighted by molar-refractivity contribution is 6.16. The van der Waals surface area contributed by atoms with Gasteiger partial charge in [0.25, 0.3) is 0 Å². The van der Waals surface area contributed by atoms with E-state index in [9.17, 15) is 0 Å². The molecule has 0 N–H and O–H groups in total. The maximum absolute atomic E-state index is 2.49. The van der Waals surface area contributed by atoms with E-state index in [1.54, 1.807) is 0 Å². The van der Waals surface area contributed by atoms with Crippen molar-refractivity contribution in [2.45, 2.75) is 12.8 Å². The molecule has 11 rings (SSSR count). The molecule has 1 aliphatic rings. The average Bonchev–Trinajstić information content (AvgIpc) is 3.72. The molecule has 0 atom stereocenters. The van der Waals surface area contributed by atoms with Crippen molar-refractivity contribution < 1.29 is 0 Å². The van der Waals surface area contributed by atoms with Crippen molar-refractivity contribution in [3.8, 4) is 22.5 Å². The summed E-state index contributed by atoms with van der Waals surface area (Å²) in [4.78, 5) is 0. The molecule has 0 aliphatic heterocycles. The van der Waals surface area contributed by atoms with Crippen LogP contribution in [0, 0.1) is 0 Å². The Labute approximate surface area is 301 Å². The van der Waals surface area contributed by atoms with Crippen molar-refractivity contribution in [1.29, 1.82) is 0 Å². The fraction of sp³-hybridized carbons (Fsp3) is 0.0400. The Kier molecular flexibility index (Phi) is 6.41. The summed E-state index contributed by atoms with van der Waals surface area (Å²) in [5, 5.41) is 10.1. The molecule has 0 saturated carbocycles. The fourth-order valence-corrected chi connectivity index (χ4v) is 8.76. The third kappa shape index (κ3) is 4.31. The molecular weight excluding hydrogens is 629 g/mol. The number of para-hydroxylation sites is 3. The Bertz CT molecular complexity index is 3070. The highest BCUT2D eigenvalue weighted by atomic mass is 15.0. The lowest BCUT2D eigenvalue weighted by Gasteiger charge is -2.16. The van der Waals surface area contributed by atoms with E-state index >= 15 is 0 Å². The standard InChI is InChI=1S/C50H34N2/c1-2-14-33(15-3-1)38-18-8-11-23-45(38)51-46-24-12-9-21-41(46)43-28-26-35(32-49(43)51)34-27-29-48-44(31-34)42-22-10-13-25-47(42)52(48)50-39-19-6-4-16-36(39)30-37-17-5-7-20-40(37)50/h2,4-32H,1,3H2. The molecule has 2 nitrogen and oxygen atoms in total. The predicted octanol–water partition coefficient (Wildman–Crippen LogP) is 13.6. The molecule has 2 heterocycles. The van der Waals surface area contributed by atoms with Crippen LogP contribution in [0.15, 0.2) is 182 Å². The van der Waals surface area contributed by atoms with Gasteiger partial charge in [-0.05, 0) is 82.8 Å². The molecule has 8 aromatic carbocycles. The van der Waals surface area contributed by atoms with Crippen LogP contribution in [0.25, 0.3) is 93.2 Å². The number of hydrogen-bond acceptors (Lipinski definition) is 0. The van der Waals surface area contributed by atoms with E-state index in [1.165, 1.54) is 98.8 Å². The van der Waals surface area contributed by atoms with E-state index < -0.39 is 0 Å². The summed E-state index contributed by atoms with van der Waals surface area (Å²) < 4.78 is 4.97. The van der Waals surface area contributed by atoms with Crippen LogP contribution in [0.1, 0.15) is 18.4 Å². The molecule has 2 aromatic heterocycles. The summed E-state index contributed by atoms with van der Waals surface area (Å²) in [5.41, 5.74) is 12.3. The maximum atomic E-state index is 2.49. The number of nitrogens with zero attached hydrogens (tertiary/aromatic N) is 2. The quantitative estimate of drug-likeness (QED) is 0.166. The minimum Gasteiger partial charge on any atom is -0.309 e. The van der Waals surface area contributed by atoms with E-state index in [0.29, 0.717) is 0 Å². The Morgan fingerprint density at radius 2 is 0.962 bits per heavy atom. The monoisotopic (exact) mass is 662 g/mol. The lowest BCUT2D eigenvalue weighted by atomic mass is 9.97. The first-order valence-corrected chi connectivity index (χ1v) is 18.3. The maximum Gasteiger partial charge on any atom is 0.0618 e. The molecule has 0 radical (unpaired) electrons. The van der Waals surface area contributed by atoms with Gasteiger partial charge in [-0.1, -0.05) is 140 Å². The van der Waals surface area contributed by atoms with Gasteiger partial charge in [0.15, 0.2) is 0 Å². The third-order valence-electron chi connectivity index (χ3n) is 11.1. The number of fused-ring (bicyclic) bond motifs is 8. The van der Waals surface area contributed by atoms with E-state index in [4.69, 9.17) is 0 Å². The average molecular weight is 663 g/mol. The second kappa shape index (κ2) is 11.4. The molecule has 2 heteroatoms. The van der Waals surface area contributed by atoms with Gasteiger partial charge < -0.3 is 9.13 Å². The minimum absolute atomic E-state index is 1.08. The van der Waals surface area contributed by atoms with Gasteiger partial charge >= 0.3 is 0 Å². The molecule has 1 aliphatic carbocycles. The van der Waals surface area contributed by atoms with Gasteiger partial charge in [0.1, 0.15) is 0 Å². The van der Waals surface area contributed by atoms with Crippen molar-refractivity contribution in [3.63, 3.8) is 0 Å². The Balaban J connectivity index is 1.16. The molecule has 244 valence electrons. The number of allylic oxidation sites excluding steroid dienone is 4. The van der Waals surface area contributed by atoms with E-state index in [0.717, 1.165) is 12.8 Å². The number of benzene rings is 8. The van der Waals surface area contributed by atoms with Crippen molar-refractivity contribution in [2.24, 2.45) is 0 Å². The Morgan fingerprint density at radius 3 is 1.71 bits per heavy atom. The molecule has 0 fully saturated rings. The molecule has 52 heavy (non-hydrogen) atoms. The van der Waals surface area contributed by atoms with E-state index in [2.05, 4.69) is 191 Å². The van der Waals surface area contributed by atoms with Crippen molar-refractivity contribution in [1.82, 2.24) is 9.13 Å². The zero-order valence-electron chi connectivity index (χ0n) is 28.6. The minimum atomic E-state index is 1.08. The second-order valence-electron chi connectivity index (χ2n) is 14.0. The third-order valence-corrected chi connectivity index (χ3v) is 11.1. The van der Waals surface area contributed by atoms with Crippen LogP contribution >= 0.6 is 0 Å². The van der Waals surface area contributed by atoms with Crippen LogP contribution in [-0.2, 0) is 0 Å². The predicted molar refractivity (Wildman–Crippen MR) is 222 cm³/mol.